The standard InChI is InChI=1S/C15H27NO/c1-7-16-14(9-8-10(2)3)15-11(4)12(5)17-13(15)6/h10,14,16H,7-9H2,1-6H3. The van der Waals surface area contributed by atoms with Gasteiger partial charge in [-0.15, -0.1) is 0 Å². The molecule has 0 amide bonds. The number of nitrogens with one attached hydrogen (secondary N) is 1. The molecule has 2 heteroatoms. The molecule has 98 valence electrons. The second-order valence-electron chi connectivity index (χ2n) is 5.33. The van der Waals surface area contributed by atoms with Crippen molar-refractivity contribution < 1.29 is 4.42 Å². The van der Waals surface area contributed by atoms with Gasteiger partial charge in [-0.3, -0.25) is 0 Å². The van der Waals surface area contributed by atoms with Gasteiger partial charge in [0.25, 0.3) is 0 Å². The molecule has 0 aliphatic rings. The number of aryl methyl sites for hydroxylation is 2. The molecule has 1 atom stereocenters. The molecule has 0 saturated carbocycles. The summed E-state index contributed by atoms with van der Waals surface area (Å²) in [6.07, 6.45) is 2.44. The Morgan fingerprint density at radius 1 is 1.06 bits per heavy atom. The van der Waals surface area contributed by atoms with Gasteiger partial charge in [0.15, 0.2) is 0 Å². The Morgan fingerprint density at radius 2 is 1.71 bits per heavy atom. The Kier molecular flexibility index (Phi) is 5.26. The third-order valence-corrected chi connectivity index (χ3v) is 3.45. The van der Waals surface area contributed by atoms with E-state index in [1.54, 1.807) is 0 Å². The van der Waals surface area contributed by atoms with E-state index in [0.717, 1.165) is 24.0 Å². The molecule has 1 aromatic rings. The molecule has 1 aromatic heterocycles. The van der Waals surface area contributed by atoms with Crippen molar-refractivity contribution in [3.05, 3.63) is 22.6 Å². The van der Waals surface area contributed by atoms with E-state index >= 15 is 0 Å². The Morgan fingerprint density at radius 3 is 2.12 bits per heavy atom. The van der Waals surface area contributed by atoms with Gasteiger partial charge in [-0.05, 0) is 51.6 Å². The summed E-state index contributed by atoms with van der Waals surface area (Å²) in [5.74, 6) is 2.89. The summed E-state index contributed by atoms with van der Waals surface area (Å²) >= 11 is 0. The van der Waals surface area contributed by atoms with Crippen LogP contribution in [0.5, 0.6) is 0 Å². The Balaban J connectivity index is 2.88. The molecule has 0 bridgehead atoms. The van der Waals surface area contributed by atoms with Crippen molar-refractivity contribution in [1.29, 1.82) is 0 Å². The van der Waals surface area contributed by atoms with E-state index in [1.807, 2.05) is 0 Å². The van der Waals surface area contributed by atoms with E-state index < -0.39 is 0 Å². The highest BCUT2D eigenvalue weighted by atomic mass is 16.3. The fraction of sp³-hybridized carbons (Fsp3) is 0.733. The molecule has 1 unspecified atom stereocenters. The highest BCUT2D eigenvalue weighted by molar-refractivity contribution is 5.34. The molecule has 0 aliphatic heterocycles. The Labute approximate surface area is 106 Å². The van der Waals surface area contributed by atoms with Crippen LogP contribution < -0.4 is 5.32 Å². The van der Waals surface area contributed by atoms with Gasteiger partial charge < -0.3 is 9.73 Å². The van der Waals surface area contributed by atoms with E-state index in [9.17, 15) is 0 Å². The molecule has 1 rings (SSSR count). The van der Waals surface area contributed by atoms with Crippen molar-refractivity contribution in [3.63, 3.8) is 0 Å². The summed E-state index contributed by atoms with van der Waals surface area (Å²) in [7, 11) is 0. The number of hydrogen-bond donors (Lipinski definition) is 1. The van der Waals surface area contributed by atoms with Crippen molar-refractivity contribution in [2.24, 2.45) is 5.92 Å². The van der Waals surface area contributed by atoms with Gasteiger partial charge in [-0.1, -0.05) is 20.8 Å². The van der Waals surface area contributed by atoms with Crippen LogP contribution in [0.15, 0.2) is 4.42 Å². The van der Waals surface area contributed by atoms with Crippen LogP contribution in [-0.4, -0.2) is 6.54 Å². The summed E-state index contributed by atoms with van der Waals surface area (Å²) in [5, 5.41) is 3.59. The van der Waals surface area contributed by atoms with Crippen LogP contribution in [0.3, 0.4) is 0 Å². The minimum atomic E-state index is 0.444. The summed E-state index contributed by atoms with van der Waals surface area (Å²) in [4.78, 5) is 0. The smallest absolute Gasteiger partial charge is 0.106 e. The first-order valence-electron chi connectivity index (χ1n) is 6.77. The lowest BCUT2D eigenvalue weighted by Gasteiger charge is -2.19. The van der Waals surface area contributed by atoms with Crippen molar-refractivity contribution in [3.8, 4) is 0 Å². The Bertz CT molecular complexity index is 352. The van der Waals surface area contributed by atoms with E-state index in [0.29, 0.717) is 6.04 Å². The minimum Gasteiger partial charge on any atom is -0.466 e. The van der Waals surface area contributed by atoms with Crippen LogP contribution in [-0.2, 0) is 0 Å². The summed E-state index contributed by atoms with van der Waals surface area (Å²) < 4.78 is 5.74. The lowest BCUT2D eigenvalue weighted by atomic mass is 9.95. The van der Waals surface area contributed by atoms with Crippen molar-refractivity contribution in [2.45, 2.75) is 60.4 Å². The molecule has 0 aromatic carbocycles. The maximum absolute atomic E-state index is 5.74. The van der Waals surface area contributed by atoms with Gasteiger partial charge in [0.05, 0.1) is 0 Å². The molecule has 0 radical (unpaired) electrons. The SMILES string of the molecule is CCNC(CCC(C)C)c1c(C)oc(C)c1C. The van der Waals surface area contributed by atoms with Crippen LogP contribution in [0.4, 0.5) is 0 Å². The van der Waals surface area contributed by atoms with E-state index in [2.05, 4.69) is 46.9 Å². The average molecular weight is 237 g/mol. The molecule has 1 heterocycles. The van der Waals surface area contributed by atoms with Crippen molar-refractivity contribution in [1.82, 2.24) is 5.32 Å². The zero-order valence-corrected chi connectivity index (χ0v) is 12.2. The largest absolute Gasteiger partial charge is 0.466 e. The fourth-order valence-electron chi connectivity index (χ4n) is 2.42. The molecule has 0 fully saturated rings. The Hall–Kier alpha value is -0.760. The monoisotopic (exact) mass is 237 g/mol. The second-order valence-corrected chi connectivity index (χ2v) is 5.33. The summed E-state index contributed by atoms with van der Waals surface area (Å²) in [6, 6.07) is 0.444. The number of rotatable bonds is 6. The summed E-state index contributed by atoms with van der Waals surface area (Å²) in [6.45, 7) is 14.0. The van der Waals surface area contributed by atoms with Crippen LogP contribution >= 0.6 is 0 Å². The maximum atomic E-state index is 5.74. The predicted octanol–water partition coefficient (Wildman–Crippen LogP) is 4.29. The molecule has 1 N–H and O–H groups in total. The first kappa shape index (κ1) is 14.3. The van der Waals surface area contributed by atoms with Crippen molar-refractivity contribution in [2.75, 3.05) is 6.54 Å². The van der Waals surface area contributed by atoms with Crippen LogP contribution in [0, 0.1) is 26.7 Å². The normalized spacial score (nSPS) is 13.4. The van der Waals surface area contributed by atoms with Gasteiger partial charge in [0.1, 0.15) is 11.5 Å². The first-order chi connectivity index (χ1) is 7.97. The van der Waals surface area contributed by atoms with Gasteiger partial charge in [0, 0.05) is 11.6 Å². The third kappa shape index (κ3) is 3.60. The lowest BCUT2D eigenvalue weighted by molar-refractivity contribution is 0.436. The average Bonchev–Trinajstić information content (AvgIpc) is 2.49. The fourth-order valence-corrected chi connectivity index (χ4v) is 2.42. The van der Waals surface area contributed by atoms with Crippen molar-refractivity contribution >= 4 is 0 Å². The number of hydrogen-bond acceptors (Lipinski definition) is 2. The molecular formula is C15H27NO. The van der Waals surface area contributed by atoms with Gasteiger partial charge in [0.2, 0.25) is 0 Å². The first-order valence-corrected chi connectivity index (χ1v) is 6.77. The van der Waals surface area contributed by atoms with Crippen LogP contribution in [0.25, 0.3) is 0 Å². The third-order valence-electron chi connectivity index (χ3n) is 3.45. The lowest BCUT2D eigenvalue weighted by Crippen LogP contribution is -2.22. The van der Waals surface area contributed by atoms with Gasteiger partial charge >= 0.3 is 0 Å². The summed E-state index contributed by atoms with van der Waals surface area (Å²) in [5.41, 5.74) is 2.70. The molecule has 0 spiro atoms. The highest BCUT2D eigenvalue weighted by Gasteiger charge is 2.20. The maximum Gasteiger partial charge on any atom is 0.106 e. The molecule has 17 heavy (non-hydrogen) atoms. The topological polar surface area (TPSA) is 25.2 Å². The minimum absolute atomic E-state index is 0.444. The highest BCUT2D eigenvalue weighted by Crippen LogP contribution is 2.30. The second kappa shape index (κ2) is 6.25. The molecule has 2 nitrogen and oxygen atoms in total. The quantitative estimate of drug-likeness (QED) is 0.798. The van der Waals surface area contributed by atoms with E-state index in [1.165, 1.54) is 24.0 Å². The van der Waals surface area contributed by atoms with Crippen LogP contribution in [0.1, 0.15) is 62.3 Å². The van der Waals surface area contributed by atoms with Crippen LogP contribution in [0.2, 0.25) is 0 Å². The molecular weight excluding hydrogens is 210 g/mol. The van der Waals surface area contributed by atoms with Gasteiger partial charge in [-0.2, -0.15) is 0 Å². The molecule has 0 aliphatic carbocycles. The van der Waals surface area contributed by atoms with E-state index in [4.69, 9.17) is 4.42 Å². The van der Waals surface area contributed by atoms with E-state index in [-0.39, 0.29) is 0 Å². The number of furan rings is 1. The van der Waals surface area contributed by atoms with Gasteiger partial charge in [-0.25, -0.2) is 0 Å². The molecule has 0 saturated heterocycles. The zero-order chi connectivity index (χ0) is 13.0. The zero-order valence-electron chi connectivity index (χ0n) is 12.2. The predicted molar refractivity (Wildman–Crippen MR) is 73.4 cm³/mol.